The van der Waals surface area contributed by atoms with Crippen molar-refractivity contribution in [2.45, 2.75) is 39.2 Å². The first kappa shape index (κ1) is 15.4. The number of methoxy groups -OCH3 is 1. The van der Waals surface area contributed by atoms with E-state index in [1.807, 2.05) is 6.92 Å². The van der Waals surface area contributed by atoms with Crippen LogP contribution < -0.4 is 5.73 Å². The Kier molecular flexibility index (Phi) is 6.09. The lowest BCUT2D eigenvalue weighted by molar-refractivity contribution is -0.145. The molecule has 0 amide bonds. The Hall–Kier alpha value is -0.610. The molecule has 4 atom stereocenters. The predicted octanol–water partition coefficient (Wildman–Crippen LogP) is 1.49. The molecule has 0 aromatic carbocycles. The highest BCUT2D eigenvalue weighted by Gasteiger charge is 2.31. The molecule has 0 aliphatic heterocycles. The van der Waals surface area contributed by atoms with Crippen LogP contribution in [0.3, 0.4) is 0 Å². The summed E-state index contributed by atoms with van der Waals surface area (Å²) in [4.78, 5) is 13.8. The average Bonchev–Trinajstić information content (AvgIpc) is 2.37. The number of nitrogens with zero attached hydrogens (tertiary/aromatic N) is 1. The lowest BCUT2D eigenvalue weighted by Crippen LogP contribution is -2.46. The molecular weight excluding hydrogens is 228 g/mol. The van der Waals surface area contributed by atoms with Gasteiger partial charge in [0.25, 0.3) is 0 Å². The van der Waals surface area contributed by atoms with Gasteiger partial charge in [-0.15, -0.1) is 0 Å². The molecule has 0 spiro atoms. The van der Waals surface area contributed by atoms with Crippen LogP contribution in [0, 0.1) is 17.8 Å². The SMILES string of the molecule is COC(=O)C(C)CN(C)C1CC(C)CCC1CN. The summed E-state index contributed by atoms with van der Waals surface area (Å²) in [5, 5.41) is 0. The summed E-state index contributed by atoms with van der Waals surface area (Å²) >= 11 is 0. The minimum Gasteiger partial charge on any atom is -0.469 e. The first-order valence-electron chi connectivity index (χ1n) is 6.97. The number of ether oxygens (including phenoxy) is 1. The number of hydrogen-bond donors (Lipinski definition) is 1. The Labute approximate surface area is 111 Å². The van der Waals surface area contributed by atoms with Crippen LogP contribution in [0.1, 0.15) is 33.1 Å². The zero-order chi connectivity index (χ0) is 13.7. The van der Waals surface area contributed by atoms with E-state index in [-0.39, 0.29) is 11.9 Å². The van der Waals surface area contributed by atoms with E-state index < -0.39 is 0 Å². The number of nitrogens with two attached hydrogens (primary N) is 1. The Morgan fingerprint density at radius 2 is 2.17 bits per heavy atom. The molecule has 0 heterocycles. The number of esters is 1. The first-order chi connectivity index (χ1) is 8.49. The van der Waals surface area contributed by atoms with Crippen LogP contribution in [-0.4, -0.2) is 44.2 Å². The predicted molar refractivity (Wildman–Crippen MR) is 73.2 cm³/mol. The van der Waals surface area contributed by atoms with Gasteiger partial charge in [-0.05, 0) is 38.3 Å². The van der Waals surface area contributed by atoms with E-state index in [1.165, 1.54) is 26.4 Å². The van der Waals surface area contributed by atoms with Crippen molar-refractivity contribution in [3.63, 3.8) is 0 Å². The van der Waals surface area contributed by atoms with Crippen molar-refractivity contribution in [3.05, 3.63) is 0 Å². The van der Waals surface area contributed by atoms with Crippen LogP contribution in [0.5, 0.6) is 0 Å². The minimum atomic E-state index is -0.130. The molecule has 0 saturated heterocycles. The van der Waals surface area contributed by atoms with E-state index in [9.17, 15) is 4.79 Å². The van der Waals surface area contributed by atoms with Crippen LogP contribution in [0.15, 0.2) is 0 Å². The smallest absolute Gasteiger partial charge is 0.309 e. The molecule has 4 heteroatoms. The molecule has 0 aromatic heterocycles. The van der Waals surface area contributed by atoms with Gasteiger partial charge in [-0.2, -0.15) is 0 Å². The molecule has 4 unspecified atom stereocenters. The lowest BCUT2D eigenvalue weighted by atomic mass is 9.78. The normalized spacial score (nSPS) is 30.2. The average molecular weight is 256 g/mol. The summed E-state index contributed by atoms with van der Waals surface area (Å²) in [6, 6.07) is 0.505. The minimum absolute atomic E-state index is 0.0735. The number of carbonyl (C=O) groups excluding carboxylic acids is 1. The maximum Gasteiger partial charge on any atom is 0.309 e. The van der Waals surface area contributed by atoms with Crippen molar-refractivity contribution in [2.24, 2.45) is 23.5 Å². The van der Waals surface area contributed by atoms with Gasteiger partial charge in [0.1, 0.15) is 0 Å². The summed E-state index contributed by atoms with van der Waals surface area (Å²) in [5.74, 6) is 1.12. The molecule has 0 aromatic rings. The third kappa shape index (κ3) is 3.95. The second-order valence-electron chi connectivity index (χ2n) is 5.85. The fourth-order valence-electron chi connectivity index (χ4n) is 3.07. The van der Waals surface area contributed by atoms with Gasteiger partial charge in [0.15, 0.2) is 0 Å². The first-order valence-corrected chi connectivity index (χ1v) is 6.97. The zero-order valence-electron chi connectivity index (χ0n) is 12.2. The highest BCUT2D eigenvalue weighted by atomic mass is 16.5. The summed E-state index contributed by atoms with van der Waals surface area (Å²) in [6.45, 7) is 5.72. The Morgan fingerprint density at radius 1 is 1.50 bits per heavy atom. The fraction of sp³-hybridized carbons (Fsp3) is 0.929. The molecule has 18 heavy (non-hydrogen) atoms. The quantitative estimate of drug-likeness (QED) is 0.757. The number of rotatable bonds is 5. The standard InChI is InChI=1S/C14H28N2O2/c1-10-5-6-12(8-15)13(7-10)16(3)9-11(2)14(17)18-4/h10-13H,5-9,15H2,1-4H3. The van der Waals surface area contributed by atoms with E-state index >= 15 is 0 Å². The Morgan fingerprint density at radius 3 is 2.72 bits per heavy atom. The molecule has 2 N–H and O–H groups in total. The summed E-state index contributed by atoms with van der Waals surface area (Å²) in [7, 11) is 3.55. The van der Waals surface area contributed by atoms with Crippen molar-refractivity contribution in [1.29, 1.82) is 0 Å². The molecule has 1 rings (SSSR count). The summed E-state index contributed by atoms with van der Waals surface area (Å²) in [5.41, 5.74) is 5.88. The highest BCUT2D eigenvalue weighted by Crippen LogP contribution is 2.31. The molecule has 106 valence electrons. The topological polar surface area (TPSA) is 55.6 Å². The van der Waals surface area contributed by atoms with E-state index in [2.05, 4.69) is 18.9 Å². The largest absolute Gasteiger partial charge is 0.469 e. The van der Waals surface area contributed by atoms with Gasteiger partial charge in [-0.25, -0.2) is 0 Å². The molecule has 1 saturated carbocycles. The van der Waals surface area contributed by atoms with Crippen molar-refractivity contribution in [3.8, 4) is 0 Å². The van der Waals surface area contributed by atoms with E-state index in [4.69, 9.17) is 10.5 Å². The van der Waals surface area contributed by atoms with Gasteiger partial charge in [-0.1, -0.05) is 20.3 Å². The second kappa shape index (κ2) is 7.10. The van der Waals surface area contributed by atoms with Gasteiger partial charge in [-0.3, -0.25) is 4.79 Å². The van der Waals surface area contributed by atoms with Gasteiger partial charge < -0.3 is 15.4 Å². The lowest BCUT2D eigenvalue weighted by Gasteiger charge is -2.40. The zero-order valence-corrected chi connectivity index (χ0v) is 12.2. The molecule has 1 aliphatic rings. The van der Waals surface area contributed by atoms with E-state index in [1.54, 1.807) is 0 Å². The Bertz CT molecular complexity index is 271. The summed E-state index contributed by atoms with van der Waals surface area (Å²) < 4.78 is 4.78. The van der Waals surface area contributed by atoms with Crippen molar-refractivity contribution in [1.82, 2.24) is 4.90 Å². The third-order valence-electron chi connectivity index (χ3n) is 4.25. The molecule has 0 radical (unpaired) electrons. The monoisotopic (exact) mass is 256 g/mol. The van der Waals surface area contributed by atoms with Crippen LogP contribution in [0.4, 0.5) is 0 Å². The van der Waals surface area contributed by atoms with Gasteiger partial charge in [0.05, 0.1) is 13.0 Å². The molecule has 0 bridgehead atoms. The number of hydrogen-bond acceptors (Lipinski definition) is 4. The maximum atomic E-state index is 11.5. The second-order valence-corrected chi connectivity index (χ2v) is 5.85. The van der Waals surface area contributed by atoms with Crippen molar-refractivity contribution < 1.29 is 9.53 Å². The maximum absolute atomic E-state index is 11.5. The van der Waals surface area contributed by atoms with Gasteiger partial charge >= 0.3 is 5.97 Å². The van der Waals surface area contributed by atoms with Gasteiger partial charge in [0, 0.05) is 12.6 Å². The van der Waals surface area contributed by atoms with Gasteiger partial charge in [0.2, 0.25) is 0 Å². The van der Waals surface area contributed by atoms with Crippen LogP contribution in [-0.2, 0) is 9.53 Å². The van der Waals surface area contributed by atoms with Crippen LogP contribution >= 0.6 is 0 Å². The molecule has 1 fully saturated rings. The fourth-order valence-corrected chi connectivity index (χ4v) is 3.07. The van der Waals surface area contributed by atoms with Crippen molar-refractivity contribution in [2.75, 3.05) is 27.2 Å². The van der Waals surface area contributed by atoms with Crippen LogP contribution in [0.2, 0.25) is 0 Å². The Balaban J connectivity index is 2.57. The molecular formula is C14H28N2O2. The molecule has 4 nitrogen and oxygen atoms in total. The highest BCUT2D eigenvalue weighted by molar-refractivity contribution is 5.72. The summed E-state index contributed by atoms with van der Waals surface area (Å²) in [6.07, 6.45) is 3.67. The van der Waals surface area contributed by atoms with E-state index in [0.29, 0.717) is 12.0 Å². The third-order valence-corrected chi connectivity index (χ3v) is 4.25. The number of carbonyl (C=O) groups is 1. The van der Waals surface area contributed by atoms with Crippen LogP contribution in [0.25, 0.3) is 0 Å². The molecule has 1 aliphatic carbocycles. The van der Waals surface area contributed by atoms with Crippen molar-refractivity contribution >= 4 is 5.97 Å². The van der Waals surface area contributed by atoms with E-state index in [0.717, 1.165) is 19.0 Å².